The highest BCUT2D eigenvalue weighted by atomic mass is 79.9. The first-order chi connectivity index (χ1) is 11.1. The molecule has 23 heavy (non-hydrogen) atoms. The van der Waals surface area contributed by atoms with E-state index in [-0.39, 0.29) is 12.5 Å². The molecule has 1 aromatic heterocycles. The lowest BCUT2D eigenvalue weighted by Gasteiger charge is -2.04. The monoisotopic (exact) mass is 375 g/mol. The smallest absolute Gasteiger partial charge is 0.248 e. The van der Waals surface area contributed by atoms with Crippen molar-refractivity contribution in [3.63, 3.8) is 0 Å². The van der Waals surface area contributed by atoms with Crippen molar-refractivity contribution in [2.75, 3.05) is 5.32 Å². The zero-order valence-corrected chi connectivity index (χ0v) is 13.4. The zero-order valence-electron chi connectivity index (χ0n) is 11.8. The molecule has 8 heteroatoms. The first-order valence-electron chi connectivity index (χ1n) is 6.70. The van der Waals surface area contributed by atoms with Crippen molar-refractivity contribution in [3.8, 4) is 11.4 Å². The van der Waals surface area contributed by atoms with Gasteiger partial charge in [0, 0.05) is 15.7 Å². The molecule has 0 unspecified atom stereocenters. The number of nitrogens with one attached hydrogen (secondary N) is 1. The number of rotatable bonds is 4. The number of carbonyl (C=O) groups excluding carboxylic acids is 1. The van der Waals surface area contributed by atoms with E-state index in [0.29, 0.717) is 11.5 Å². The Morgan fingerprint density at radius 2 is 2.04 bits per heavy atom. The van der Waals surface area contributed by atoms with Gasteiger partial charge in [0.05, 0.1) is 0 Å². The molecule has 1 heterocycles. The molecule has 1 N–H and O–H groups in total. The van der Waals surface area contributed by atoms with Crippen molar-refractivity contribution in [2.24, 2.45) is 0 Å². The highest BCUT2D eigenvalue weighted by Crippen LogP contribution is 2.24. The highest BCUT2D eigenvalue weighted by molar-refractivity contribution is 9.10. The van der Waals surface area contributed by atoms with Crippen LogP contribution in [0.25, 0.3) is 11.4 Å². The number of hydrogen-bond acceptors (Lipinski definition) is 4. The van der Waals surface area contributed by atoms with Gasteiger partial charge in [0.15, 0.2) is 0 Å². The van der Waals surface area contributed by atoms with Crippen LogP contribution >= 0.6 is 15.9 Å². The van der Waals surface area contributed by atoms with Gasteiger partial charge in [0.25, 0.3) is 0 Å². The van der Waals surface area contributed by atoms with E-state index in [0.717, 1.165) is 10.0 Å². The van der Waals surface area contributed by atoms with Crippen LogP contribution in [-0.2, 0) is 11.3 Å². The van der Waals surface area contributed by atoms with Crippen LogP contribution in [0.2, 0.25) is 0 Å². The average molecular weight is 376 g/mol. The van der Waals surface area contributed by atoms with Crippen LogP contribution in [0.15, 0.2) is 53.0 Å². The summed E-state index contributed by atoms with van der Waals surface area (Å²) in [6, 6.07) is 13.1. The zero-order chi connectivity index (χ0) is 16.2. The minimum Gasteiger partial charge on any atom is -0.324 e. The van der Waals surface area contributed by atoms with Crippen LogP contribution < -0.4 is 5.32 Å². The first-order valence-corrected chi connectivity index (χ1v) is 7.49. The van der Waals surface area contributed by atoms with E-state index < -0.39 is 5.82 Å². The third kappa shape index (κ3) is 3.78. The number of nitrogens with zero attached hydrogens (tertiary/aromatic N) is 4. The van der Waals surface area contributed by atoms with Crippen molar-refractivity contribution >= 4 is 27.5 Å². The van der Waals surface area contributed by atoms with Crippen molar-refractivity contribution in [1.82, 2.24) is 20.2 Å². The summed E-state index contributed by atoms with van der Waals surface area (Å²) in [5, 5.41) is 14.5. The molecule has 0 saturated carbocycles. The normalized spacial score (nSPS) is 10.5. The quantitative estimate of drug-likeness (QED) is 0.760. The highest BCUT2D eigenvalue weighted by Gasteiger charge is 2.11. The van der Waals surface area contributed by atoms with E-state index in [1.54, 1.807) is 6.07 Å². The molecule has 0 saturated heterocycles. The number of halogens is 2. The van der Waals surface area contributed by atoms with E-state index in [1.165, 1.54) is 23.0 Å². The lowest BCUT2D eigenvalue weighted by molar-refractivity contribution is -0.117. The third-order valence-corrected chi connectivity index (χ3v) is 3.65. The molecule has 0 radical (unpaired) electrons. The Labute approximate surface area is 139 Å². The standard InChI is InChI=1S/C15H11BrFN5O/c16-13-7-2-1-6-12(13)15-19-21-22(20-15)9-14(23)18-11-5-3-4-10(17)8-11/h1-8H,9H2,(H,18,23). The van der Waals surface area contributed by atoms with Crippen molar-refractivity contribution in [2.45, 2.75) is 6.54 Å². The van der Waals surface area contributed by atoms with E-state index >= 15 is 0 Å². The van der Waals surface area contributed by atoms with E-state index in [2.05, 4.69) is 36.7 Å². The van der Waals surface area contributed by atoms with E-state index in [9.17, 15) is 9.18 Å². The average Bonchev–Trinajstić information content (AvgIpc) is 2.95. The number of aromatic nitrogens is 4. The number of benzene rings is 2. The summed E-state index contributed by atoms with van der Waals surface area (Å²) >= 11 is 3.41. The fourth-order valence-corrected chi connectivity index (χ4v) is 2.42. The van der Waals surface area contributed by atoms with Gasteiger partial charge in [-0.3, -0.25) is 4.79 Å². The fraction of sp³-hybridized carbons (Fsp3) is 0.0667. The summed E-state index contributed by atoms with van der Waals surface area (Å²) in [5.74, 6) is -0.374. The maximum atomic E-state index is 13.1. The minimum absolute atomic E-state index is 0.117. The molecular formula is C15H11BrFN5O. The van der Waals surface area contributed by atoms with Gasteiger partial charge in [-0.05, 0) is 35.5 Å². The summed E-state index contributed by atoms with van der Waals surface area (Å²) in [6.07, 6.45) is 0. The topological polar surface area (TPSA) is 72.7 Å². The van der Waals surface area contributed by atoms with Gasteiger partial charge in [-0.1, -0.05) is 34.1 Å². The number of carbonyl (C=O) groups is 1. The lowest BCUT2D eigenvalue weighted by atomic mass is 10.2. The second-order valence-corrected chi connectivity index (χ2v) is 5.54. The van der Waals surface area contributed by atoms with Gasteiger partial charge < -0.3 is 5.32 Å². The van der Waals surface area contributed by atoms with Gasteiger partial charge >= 0.3 is 0 Å². The summed E-state index contributed by atoms with van der Waals surface area (Å²) in [4.78, 5) is 13.1. The second kappa shape index (κ2) is 6.66. The Hall–Kier alpha value is -2.61. The van der Waals surface area contributed by atoms with Crippen molar-refractivity contribution < 1.29 is 9.18 Å². The molecule has 3 rings (SSSR count). The Balaban J connectivity index is 1.69. The molecule has 3 aromatic rings. The van der Waals surface area contributed by atoms with Crippen LogP contribution in [0.3, 0.4) is 0 Å². The SMILES string of the molecule is O=C(Cn1nnc(-c2ccccc2Br)n1)Nc1cccc(F)c1. The maximum absolute atomic E-state index is 13.1. The Kier molecular flexibility index (Phi) is 4.42. The Morgan fingerprint density at radius 1 is 1.22 bits per heavy atom. The molecule has 0 atom stereocenters. The molecule has 6 nitrogen and oxygen atoms in total. The largest absolute Gasteiger partial charge is 0.324 e. The third-order valence-electron chi connectivity index (χ3n) is 2.96. The number of amides is 1. The molecule has 0 bridgehead atoms. The number of anilines is 1. The molecule has 0 aliphatic carbocycles. The molecule has 0 spiro atoms. The van der Waals surface area contributed by atoms with Gasteiger partial charge in [-0.25, -0.2) is 4.39 Å². The van der Waals surface area contributed by atoms with Crippen LogP contribution in [0, 0.1) is 5.82 Å². The van der Waals surface area contributed by atoms with Crippen LogP contribution in [0.4, 0.5) is 10.1 Å². The van der Waals surface area contributed by atoms with E-state index in [1.807, 2.05) is 24.3 Å². The van der Waals surface area contributed by atoms with E-state index in [4.69, 9.17) is 0 Å². The van der Waals surface area contributed by atoms with Gasteiger partial charge in [-0.15, -0.1) is 10.2 Å². The molecule has 1 amide bonds. The van der Waals surface area contributed by atoms with Crippen LogP contribution in [-0.4, -0.2) is 26.1 Å². The number of hydrogen-bond donors (Lipinski definition) is 1. The summed E-state index contributed by atoms with van der Waals surface area (Å²) in [7, 11) is 0. The maximum Gasteiger partial charge on any atom is 0.248 e. The predicted molar refractivity (Wildman–Crippen MR) is 86.0 cm³/mol. The predicted octanol–water partition coefficient (Wildman–Crippen LogP) is 2.88. The van der Waals surface area contributed by atoms with Gasteiger partial charge in [-0.2, -0.15) is 4.80 Å². The lowest BCUT2D eigenvalue weighted by Crippen LogP contribution is -2.20. The Bertz CT molecular complexity index is 851. The molecule has 0 aliphatic heterocycles. The molecular weight excluding hydrogens is 365 g/mol. The minimum atomic E-state index is -0.419. The molecule has 116 valence electrons. The van der Waals surface area contributed by atoms with Crippen LogP contribution in [0.5, 0.6) is 0 Å². The first kappa shape index (κ1) is 15.3. The van der Waals surface area contributed by atoms with Gasteiger partial charge in [0.1, 0.15) is 12.4 Å². The Morgan fingerprint density at radius 3 is 2.83 bits per heavy atom. The summed E-state index contributed by atoms with van der Waals surface area (Å²) in [6.45, 7) is -0.117. The van der Waals surface area contributed by atoms with Crippen molar-refractivity contribution in [1.29, 1.82) is 0 Å². The fourth-order valence-electron chi connectivity index (χ4n) is 1.96. The molecule has 0 aliphatic rings. The second-order valence-electron chi connectivity index (χ2n) is 4.68. The number of tetrazole rings is 1. The van der Waals surface area contributed by atoms with Crippen LogP contribution in [0.1, 0.15) is 0 Å². The summed E-state index contributed by atoms with van der Waals surface area (Å²) in [5.41, 5.74) is 1.16. The summed E-state index contributed by atoms with van der Waals surface area (Å²) < 4.78 is 13.9. The molecule has 2 aromatic carbocycles. The van der Waals surface area contributed by atoms with Crippen molar-refractivity contribution in [3.05, 3.63) is 58.8 Å². The van der Waals surface area contributed by atoms with Gasteiger partial charge in [0.2, 0.25) is 11.7 Å². The molecule has 0 fully saturated rings.